The number of benzene rings is 1. The van der Waals surface area contributed by atoms with Crippen molar-refractivity contribution < 1.29 is 14.7 Å². The molecule has 1 aromatic rings. The first kappa shape index (κ1) is 15.9. The van der Waals surface area contributed by atoms with Crippen LogP contribution >= 0.6 is 11.8 Å². The Balaban J connectivity index is 2.06. The molecule has 1 unspecified atom stereocenters. The molecule has 0 spiro atoms. The summed E-state index contributed by atoms with van der Waals surface area (Å²) in [5.41, 5.74) is 3.10. The summed E-state index contributed by atoms with van der Waals surface area (Å²) in [4.78, 5) is 23.4. The zero-order valence-corrected chi connectivity index (χ0v) is 13.0. The number of aryl methyl sites for hydroxylation is 2. The van der Waals surface area contributed by atoms with Crippen molar-refractivity contribution in [3.63, 3.8) is 0 Å². The topological polar surface area (TPSA) is 66.4 Å². The molecule has 0 saturated heterocycles. The van der Waals surface area contributed by atoms with Crippen molar-refractivity contribution in [1.29, 1.82) is 0 Å². The summed E-state index contributed by atoms with van der Waals surface area (Å²) in [5.74, 6) is -0.561. The average molecular weight is 307 g/mol. The van der Waals surface area contributed by atoms with Crippen molar-refractivity contribution in [3.05, 3.63) is 34.9 Å². The lowest BCUT2D eigenvalue weighted by Gasteiger charge is -2.18. The maximum Gasteiger partial charge on any atom is 0.326 e. The average Bonchev–Trinajstić information content (AvgIpc) is 2.50. The summed E-state index contributed by atoms with van der Waals surface area (Å²) in [6.07, 6.45) is 6.79. The van der Waals surface area contributed by atoms with Gasteiger partial charge in [0.2, 0.25) is 0 Å². The van der Waals surface area contributed by atoms with Gasteiger partial charge in [0.1, 0.15) is 6.04 Å². The van der Waals surface area contributed by atoms with Gasteiger partial charge in [-0.3, -0.25) is 4.79 Å². The number of carboxylic acids is 1. The predicted octanol–water partition coefficient (Wildman–Crippen LogP) is 2.50. The molecule has 0 aromatic heterocycles. The standard InChI is InChI=1S/C16H21NO3S/c1-21-9-8-14(16(19)20)17-15(18)13-7-6-11-4-2-3-5-12(11)10-13/h6-7,10,14H,2-5,8-9H2,1H3,(H,17,18)(H,19,20). The minimum Gasteiger partial charge on any atom is -0.480 e. The number of aliphatic carboxylic acids is 1. The SMILES string of the molecule is CSCCC(NC(=O)c1ccc2c(c1)CCCC2)C(=O)O. The molecule has 0 heterocycles. The van der Waals surface area contributed by atoms with Crippen molar-refractivity contribution in [2.75, 3.05) is 12.0 Å². The van der Waals surface area contributed by atoms with E-state index in [1.807, 2.05) is 18.4 Å². The molecule has 1 aromatic carbocycles. The summed E-state index contributed by atoms with van der Waals surface area (Å²) < 4.78 is 0. The number of carbonyl (C=O) groups excluding carboxylic acids is 1. The first-order valence-electron chi connectivity index (χ1n) is 7.26. The van der Waals surface area contributed by atoms with Crippen LogP contribution in [0.1, 0.15) is 40.7 Å². The van der Waals surface area contributed by atoms with E-state index in [0.29, 0.717) is 17.7 Å². The Hall–Kier alpha value is -1.49. The van der Waals surface area contributed by atoms with Crippen molar-refractivity contribution in [2.24, 2.45) is 0 Å². The van der Waals surface area contributed by atoms with E-state index in [0.717, 1.165) is 19.3 Å². The van der Waals surface area contributed by atoms with E-state index in [9.17, 15) is 9.59 Å². The summed E-state index contributed by atoms with van der Waals surface area (Å²) in [6, 6.07) is 4.90. The van der Waals surface area contributed by atoms with Gasteiger partial charge in [0.15, 0.2) is 0 Å². The minimum absolute atomic E-state index is 0.295. The van der Waals surface area contributed by atoms with Gasteiger partial charge in [-0.15, -0.1) is 0 Å². The van der Waals surface area contributed by atoms with Gasteiger partial charge in [-0.2, -0.15) is 11.8 Å². The van der Waals surface area contributed by atoms with Gasteiger partial charge >= 0.3 is 5.97 Å². The van der Waals surface area contributed by atoms with Crippen LogP contribution in [0.25, 0.3) is 0 Å². The lowest BCUT2D eigenvalue weighted by molar-refractivity contribution is -0.139. The molecule has 114 valence electrons. The second-order valence-corrected chi connectivity index (χ2v) is 6.32. The van der Waals surface area contributed by atoms with Crippen molar-refractivity contribution in [1.82, 2.24) is 5.32 Å². The molecule has 2 rings (SSSR count). The Morgan fingerprint density at radius 2 is 2.00 bits per heavy atom. The zero-order valence-electron chi connectivity index (χ0n) is 12.2. The Labute approximate surface area is 129 Å². The maximum absolute atomic E-state index is 12.2. The first-order valence-corrected chi connectivity index (χ1v) is 8.65. The number of fused-ring (bicyclic) bond motifs is 1. The highest BCUT2D eigenvalue weighted by Crippen LogP contribution is 2.22. The molecule has 1 atom stereocenters. The van der Waals surface area contributed by atoms with E-state index in [-0.39, 0.29) is 5.91 Å². The lowest BCUT2D eigenvalue weighted by Crippen LogP contribution is -2.41. The van der Waals surface area contributed by atoms with Crippen molar-refractivity contribution >= 4 is 23.6 Å². The summed E-state index contributed by atoms with van der Waals surface area (Å²) in [6.45, 7) is 0. The van der Waals surface area contributed by atoms with Crippen LogP contribution in [0, 0.1) is 0 Å². The van der Waals surface area contributed by atoms with Crippen LogP contribution in [0.4, 0.5) is 0 Å². The van der Waals surface area contributed by atoms with E-state index in [1.54, 1.807) is 17.8 Å². The quantitative estimate of drug-likeness (QED) is 0.847. The third kappa shape index (κ3) is 4.24. The van der Waals surface area contributed by atoms with E-state index in [1.165, 1.54) is 17.5 Å². The molecule has 4 nitrogen and oxygen atoms in total. The molecule has 5 heteroatoms. The normalized spacial score (nSPS) is 15.1. The zero-order chi connectivity index (χ0) is 15.2. The van der Waals surface area contributed by atoms with Crippen LogP contribution < -0.4 is 5.32 Å². The van der Waals surface area contributed by atoms with Gasteiger partial charge in [0, 0.05) is 5.56 Å². The molecular formula is C16H21NO3S. The monoisotopic (exact) mass is 307 g/mol. The van der Waals surface area contributed by atoms with E-state index in [2.05, 4.69) is 5.32 Å². The van der Waals surface area contributed by atoms with Gasteiger partial charge in [-0.05, 0) is 67.4 Å². The highest BCUT2D eigenvalue weighted by molar-refractivity contribution is 7.98. The van der Waals surface area contributed by atoms with Crippen molar-refractivity contribution in [2.45, 2.75) is 38.1 Å². The first-order chi connectivity index (χ1) is 10.1. The molecule has 2 N–H and O–H groups in total. The highest BCUT2D eigenvalue weighted by atomic mass is 32.2. The third-order valence-corrected chi connectivity index (χ3v) is 4.47. The number of carbonyl (C=O) groups is 2. The number of nitrogens with one attached hydrogen (secondary N) is 1. The molecule has 21 heavy (non-hydrogen) atoms. The summed E-state index contributed by atoms with van der Waals surface area (Å²) >= 11 is 1.57. The Morgan fingerprint density at radius 3 is 2.67 bits per heavy atom. The largest absolute Gasteiger partial charge is 0.480 e. The van der Waals surface area contributed by atoms with Gasteiger partial charge in [0.25, 0.3) is 5.91 Å². The van der Waals surface area contributed by atoms with Gasteiger partial charge in [-0.25, -0.2) is 4.79 Å². The minimum atomic E-state index is -0.977. The number of thioether (sulfide) groups is 1. The molecule has 1 aliphatic carbocycles. The van der Waals surface area contributed by atoms with Gasteiger partial charge in [0.05, 0.1) is 0 Å². The molecule has 0 bridgehead atoms. The molecule has 0 radical (unpaired) electrons. The fraction of sp³-hybridized carbons (Fsp3) is 0.500. The van der Waals surface area contributed by atoms with Crippen LogP contribution in [0.3, 0.4) is 0 Å². The van der Waals surface area contributed by atoms with Crippen LogP contribution in [0.2, 0.25) is 0 Å². The van der Waals surface area contributed by atoms with Gasteiger partial charge in [-0.1, -0.05) is 6.07 Å². The molecular weight excluding hydrogens is 286 g/mol. The van der Waals surface area contributed by atoms with E-state index >= 15 is 0 Å². The van der Waals surface area contributed by atoms with E-state index in [4.69, 9.17) is 5.11 Å². The predicted molar refractivity (Wildman–Crippen MR) is 85.0 cm³/mol. The van der Waals surface area contributed by atoms with Gasteiger partial charge < -0.3 is 10.4 Å². The Kier molecular flexibility index (Phi) is 5.67. The second-order valence-electron chi connectivity index (χ2n) is 5.34. The summed E-state index contributed by atoms with van der Waals surface area (Å²) in [7, 11) is 0. The Bertz CT molecular complexity index is 530. The number of rotatable bonds is 6. The number of hydrogen-bond donors (Lipinski definition) is 2. The fourth-order valence-corrected chi connectivity index (χ4v) is 3.08. The third-order valence-electron chi connectivity index (χ3n) is 3.82. The maximum atomic E-state index is 12.2. The highest BCUT2D eigenvalue weighted by Gasteiger charge is 2.21. The van der Waals surface area contributed by atoms with E-state index < -0.39 is 12.0 Å². The molecule has 0 saturated carbocycles. The molecule has 1 aliphatic rings. The van der Waals surface area contributed by atoms with Crippen LogP contribution in [0.15, 0.2) is 18.2 Å². The number of amides is 1. The van der Waals surface area contributed by atoms with Crippen LogP contribution in [-0.2, 0) is 17.6 Å². The fourth-order valence-electron chi connectivity index (χ4n) is 2.61. The number of carboxylic acid groups (broad SMARTS) is 1. The summed E-state index contributed by atoms with van der Waals surface area (Å²) in [5, 5.41) is 11.8. The number of hydrogen-bond acceptors (Lipinski definition) is 3. The van der Waals surface area contributed by atoms with Crippen molar-refractivity contribution in [3.8, 4) is 0 Å². The lowest BCUT2D eigenvalue weighted by atomic mass is 9.90. The van der Waals surface area contributed by atoms with Crippen LogP contribution in [-0.4, -0.2) is 35.0 Å². The smallest absolute Gasteiger partial charge is 0.326 e. The molecule has 0 fully saturated rings. The molecule has 0 aliphatic heterocycles. The second kappa shape index (κ2) is 7.50. The Morgan fingerprint density at radius 1 is 1.29 bits per heavy atom. The molecule has 1 amide bonds. The van der Waals surface area contributed by atoms with Crippen LogP contribution in [0.5, 0.6) is 0 Å².